The first-order valence-electron chi connectivity index (χ1n) is 9.84. The largest absolute Gasteiger partial charge is 0.493 e. The van der Waals surface area contributed by atoms with Gasteiger partial charge in [0.1, 0.15) is 10.8 Å². The van der Waals surface area contributed by atoms with Gasteiger partial charge in [0, 0.05) is 5.56 Å². The van der Waals surface area contributed by atoms with E-state index in [9.17, 15) is 13.2 Å². The summed E-state index contributed by atoms with van der Waals surface area (Å²) in [5.41, 5.74) is 3.01. The van der Waals surface area contributed by atoms with Crippen molar-refractivity contribution in [2.75, 3.05) is 6.61 Å². The molecule has 158 valence electrons. The Morgan fingerprint density at radius 2 is 1.77 bits per heavy atom. The lowest BCUT2D eigenvalue weighted by Gasteiger charge is -2.09. The van der Waals surface area contributed by atoms with Gasteiger partial charge in [-0.25, -0.2) is 4.98 Å². The number of thiazole rings is 1. The van der Waals surface area contributed by atoms with Gasteiger partial charge in [-0.1, -0.05) is 37.6 Å². The molecule has 1 aromatic heterocycles. The second kappa shape index (κ2) is 9.47. The van der Waals surface area contributed by atoms with Crippen LogP contribution in [0.3, 0.4) is 0 Å². The average molecular weight is 432 g/mol. The highest BCUT2D eigenvalue weighted by Gasteiger charge is 2.30. The fourth-order valence-electron chi connectivity index (χ4n) is 2.92. The Morgan fingerprint density at radius 3 is 2.40 bits per heavy atom. The Kier molecular flexibility index (Phi) is 6.98. The number of nitrogens with zero attached hydrogens (tertiary/aromatic N) is 1. The Morgan fingerprint density at radius 1 is 1.03 bits per heavy atom. The van der Waals surface area contributed by atoms with Gasteiger partial charge in [0.05, 0.1) is 22.7 Å². The van der Waals surface area contributed by atoms with Crippen molar-refractivity contribution in [2.45, 2.75) is 39.8 Å². The number of benzene rings is 2. The normalized spacial score (nSPS) is 11.9. The minimum atomic E-state index is -4.33. The van der Waals surface area contributed by atoms with Crippen LogP contribution in [0.15, 0.2) is 42.5 Å². The summed E-state index contributed by atoms with van der Waals surface area (Å²) in [5, 5.41) is 0.705. The smallest absolute Gasteiger partial charge is 0.416 e. The van der Waals surface area contributed by atoms with Crippen molar-refractivity contribution < 1.29 is 17.9 Å². The number of aromatic nitrogens is 1. The second-order valence-corrected chi connectivity index (χ2v) is 8.13. The van der Waals surface area contributed by atoms with E-state index in [4.69, 9.17) is 4.74 Å². The van der Waals surface area contributed by atoms with Gasteiger partial charge in [-0.05, 0) is 61.7 Å². The summed E-state index contributed by atoms with van der Waals surface area (Å²) in [6.45, 7) is 6.78. The highest BCUT2D eigenvalue weighted by atomic mass is 32.1. The number of ether oxygens (including phenoxy) is 1. The molecule has 0 atom stereocenters. The van der Waals surface area contributed by atoms with E-state index in [0.717, 1.165) is 59.0 Å². The summed E-state index contributed by atoms with van der Waals surface area (Å²) in [6.07, 6.45) is 1.81. The van der Waals surface area contributed by atoms with Crippen LogP contribution in [-0.2, 0) is 6.18 Å². The summed E-state index contributed by atoms with van der Waals surface area (Å²) >= 11 is 1.46. The zero-order valence-corrected chi connectivity index (χ0v) is 18.0. The predicted molar refractivity (Wildman–Crippen MR) is 118 cm³/mol. The van der Waals surface area contributed by atoms with E-state index in [1.165, 1.54) is 23.5 Å². The molecule has 1 heterocycles. The van der Waals surface area contributed by atoms with Crippen LogP contribution in [0.25, 0.3) is 22.7 Å². The number of halogens is 3. The second-order valence-electron chi connectivity index (χ2n) is 7.10. The first-order chi connectivity index (χ1) is 14.3. The van der Waals surface area contributed by atoms with Gasteiger partial charge >= 0.3 is 6.18 Å². The molecular weight excluding hydrogens is 407 g/mol. The zero-order valence-electron chi connectivity index (χ0n) is 17.2. The topological polar surface area (TPSA) is 22.1 Å². The fourth-order valence-corrected chi connectivity index (χ4v) is 3.90. The van der Waals surface area contributed by atoms with E-state index >= 15 is 0 Å². The molecule has 0 amide bonds. The van der Waals surface area contributed by atoms with Gasteiger partial charge in [0.25, 0.3) is 0 Å². The van der Waals surface area contributed by atoms with Crippen molar-refractivity contribution in [1.82, 2.24) is 4.98 Å². The van der Waals surface area contributed by atoms with Crippen LogP contribution in [0.1, 0.15) is 47.0 Å². The lowest BCUT2D eigenvalue weighted by Crippen LogP contribution is -2.03. The van der Waals surface area contributed by atoms with Crippen molar-refractivity contribution in [2.24, 2.45) is 0 Å². The van der Waals surface area contributed by atoms with E-state index in [1.54, 1.807) is 0 Å². The Bertz CT molecular complexity index is 1020. The summed E-state index contributed by atoms with van der Waals surface area (Å²) in [5.74, 6) is 0.902. The molecule has 3 rings (SSSR count). The zero-order chi connectivity index (χ0) is 21.7. The van der Waals surface area contributed by atoms with Crippen molar-refractivity contribution >= 4 is 23.5 Å². The van der Waals surface area contributed by atoms with Gasteiger partial charge < -0.3 is 4.74 Å². The molecular formula is C24H24F3NOS. The van der Waals surface area contributed by atoms with Crippen LogP contribution in [0, 0.1) is 13.8 Å². The van der Waals surface area contributed by atoms with Crippen molar-refractivity contribution in [3.05, 3.63) is 69.7 Å². The minimum absolute atomic E-state index is 0.655. The lowest BCUT2D eigenvalue weighted by atomic mass is 10.1. The Labute approximate surface area is 179 Å². The number of aryl methyl sites for hydroxylation is 2. The van der Waals surface area contributed by atoms with Gasteiger partial charge in [0.15, 0.2) is 0 Å². The van der Waals surface area contributed by atoms with Gasteiger partial charge in [-0.3, -0.25) is 0 Å². The molecule has 2 aromatic carbocycles. The number of hydrogen-bond acceptors (Lipinski definition) is 3. The molecule has 30 heavy (non-hydrogen) atoms. The first kappa shape index (κ1) is 22.1. The third-order valence-electron chi connectivity index (χ3n) is 4.67. The van der Waals surface area contributed by atoms with Crippen LogP contribution < -0.4 is 4.74 Å². The molecule has 0 aliphatic rings. The van der Waals surface area contributed by atoms with Crippen LogP contribution in [0.5, 0.6) is 5.75 Å². The third kappa shape index (κ3) is 5.51. The molecule has 0 aliphatic carbocycles. The molecule has 0 spiro atoms. The highest BCUT2D eigenvalue weighted by molar-refractivity contribution is 7.16. The van der Waals surface area contributed by atoms with Gasteiger partial charge in [-0.2, -0.15) is 13.2 Å². The molecule has 0 N–H and O–H groups in total. The predicted octanol–water partition coefficient (Wildman–Crippen LogP) is 7.80. The van der Waals surface area contributed by atoms with Crippen molar-refractivity contribution in [3.63, 3.8) is 0 Å². The van der Waals surface area contributed by atoms with E-state index in [2.05, 4.69) is 18.0 Å². The van der Waals surface area contributed by atoms with Crippen molar-refractivity contribution in [1.29, 1.82) is 0 Å². The fraction of sp³-hybridized carbons (Fsp3) is 0.292. The molecule has 0 radical (unpaired) electrons. The summed E-state index contributed by atoms with van der Waals surface area (Å²) < 4.78 is 44.1. The van der Waals surface area contributed by atoms with Gasteiger partial charge in [-0.15, -0.1) is 11.3 Å². The van der Waals surface area contributed by atoms with Gasteiger partial charge in [0.2, 0.25) is 0 Å². The highest BCUT2D eigenvalue weighted by Crippen LogP contribution is 2.33. The lowest BCUT2D eigenvalue weighted by molar-refractivity contribution is -0.137. The monoisotopic (exact) mass is 431 g/mol. The SMILES string of the molecule is CCCCOc1ccc(/C=C/c2sc(-c3ccc(C(F)(F)F)cc3)nc2C)cc1C. The molecule has 0 bridgehead atoms. The van der Waals surface area contributed by atoms with Crippen LogP contribution in [0.2, 0.25) is 0 Å². The summed E-state index contributed by atoms with van der Waals surface area (Å²) in [4.78, 5) is 5.50. The van der Waals surface area contributed by atoms with Crippen LogP contribution in [-0.4, -0.2) is 11.6 Å². The molecule has 0 fully saturated rings. The molecule has 0 unspecified atom stereocenters. The Hall–Kier alpha value is -2.60. The Balaban J connectivity index is 1.74. The summed E-state index contributed by atoms with van der Waals surface area (Å²) in [6, 6.07) is 11.2. The molecule has 0 aliphatic heterocycles. The summed E-state index contributed by atoms with van der Waals surface area (Å²) in [7, 11) is 0. The van der Waals surface area contributed by atoms with Crippen LogP contribution >= 0.6 is 11.3 Å². The maximum Gasteiger partial charge on any atom is 0.416 e. The van der Waals surface area contributed by atoms with E-state index in [1.807, 2.05) is 38.1 Å². The minimum Gasteiger partial charge on any atom is -0.493 e. The van der Waals surface area contributed by atoms with Crippen molar-refractivity contribution in [3.8, 4) is 16.3 Å². The molecule has 0 saturated heterocycles. The quantitative estimate of drug-likeness (QED) is 0.356. The number of alkyl halides is 3. The number of rotatable bonds is 7. The number of hydrogen-bond donors (Lipinski definition) is 0. The third-order valence-corrected chi connectivity index (χ3v) is 5.85. The number of unbranched alkanes of at least 4 members (excludes halogenated alkanes) is 1. The molecule has 3 aromatic rings. The molecule has 2 nitrogen and oxygen atoms in total. The average Bonchev–Trinajstić information content (AvgIpc) is 3.08. The molecule has 6 heteroatoms. The van der Waals surface area contributed by atoms with E-state index < -0.39 is 11.7 Å². The maximum absolute atomic E-state index is 12.8. The van der Waals surface area contributed by atoms with E-state index in [0.29, 0.717) is 10.6 Å². The maximum atomic E-state index is 12.8. The standard InChI is InChI=1S/C24H24F3NOS/c1-4-5-14-29-21-12-6-18(15-16(21)2)7-13-22-17(3)28-23(30-22)19-8-10-20(11-9-19)24(25,26)27/h6-13,15H,4-5,14H2,1-3H3/b13-7+. The van der Waals surface area contributed by atoms with Crippen LogP contribution in [0.4, 0.5) is 13.2 Å². The first-order valence-corrected chi connectivity index (χ1v) is 10.7. The van der Waals surface area contributed by atoms with E-state index in [-0.39, 0.29) is 0 Å². The molecule has 0 saturated carbocycles.